The molecule has 1 atom stereocenters. The van der Waals surface area contributed by atoms with Gasteiger partial charge in [-0.15, -0.1) is 0 Å². The van der Waals surface area contributed by atoms with Crippen molar-refractivity contribution in [3.05, 3.63) is 59.7 Å². The molecule has 2 N–H and O–H groups in total. The first kappa shape index (κ1) is 15.4. The largest absolute Gasteiger partial charge is 0.508 e. The normalized spacial score (nSPS) is 12.1. The van der Waals surface area contributed by atoms with E-state index in [1.165, 1.54) is 16.8 Å². The molecule has 0 fully saturated rings. The van der Waals surface area contributed by atoms with Crippen LogP contribution in [-0.2, 0) is 6.54 Å². The Morgan fingerprint density at radius 2 is 1.62 bits per heavy atom. The van der Waals surface area contributed by atoms with Crippen LogP contribution >= 0.6 is 0 Å². The third kappa shape index (κ3) is 4.23. The predicted molar refractivity (Wildman–Crippen MR) is 88.7 cm³/mol. The second-order valence-corrected chi connectivity index (χ2v) is 5.49. The monoisotopic (exact) mass is 284 g/mol. The highest BCUT2D eigenvalue weighted by Crippen LogP contribution is 2.20. The average molecular weight is 284 g/mol. The predicted octanol–water partition coefficient (Wildman–Crippen LogP) is 3.70. The van der Waals surface area contributed by atoms with Gasteiger partial charge in [0.25, 0.3) is 0 Å². The van der Waals surface area contributed by atoms with Crippen LogP contribution in [0.2, 0.25) is 0 Å². The number of nitrogens with one attached hydrogen (secondary N) is 1. The molecule has 2 aromatic carbocycles. The second-order valence-electron chi connectivity index (χ2n) is 5.49. The Hall–Kier alpha value is -2.00. The Labute approximate surface area is 127 Å². The fraction of sp³-hybridized carbons (Fsp3) is 0.333. The van der Waals surface area contributed by atoms with Gasteiger partial charge in [-0.1, -0.05) is 31.2 Å². The number of anilines is 1. The van der Waals surface area contributed by atoms with Gasteiger partial charge in [-0.2, -0.15) is 0 Å². The van der Waals surface area contributed by atoms with E-state index < -0.39 is 0 Å². The van der Waals surface area contributed by atoms with Crippen LogP contribution < -0.4 is 10.2 Å². The highest BCUT2D eigenvalue weighted by atomic mass is 16.3. The highest BCUT2D eigenvalue weighted by molar-refractivity contribution is 5.46. The lowest BCUT2D eigenvalue weighted by Crippen LogP contribution is -2.20. The van der Waals surface area contributed by atoms with Crippen LogP contribution in [-0.4, -0.2) is 19.2 Å². The van der Waals surface area contributed by atoms with Gasteiger partial charge >= 0.3 is 0 Å². The van der Waals surface area contributed by atoms with Gasteiger partial charge in [0.15, 0.2) is 0 Å². The average Bonchev–Trinajstić information content (AvgIpc) is 2.50. The number of benzene rings is 2. The summed E-state index contributed by atoms with van der Waals surface area (Å²) in [5, 5.41) is 12.9. The van der Waals surface area contributed by atoms with Gasteiger partial charge in [-0.25, -0.2) is 0 Å². The first-order chi connectivity index (χ1) is 10.1. The van der Waals surface area contributed by atoms with Crippen molar-refractivity contribution >= 4 is 5.69 Å². The molecule has 0 saturated heterocycles. The topological polar surface area (TPSA) is 35.5 Å². The van der Waals surface area contributed by atoms with Crippen molar-refractivity contribution in [3.63, 3.8) is 0 Å². The maximum absolute atomic E-state index is 9.37. The van der Waals surface area contributed by atoms with Crippen molar-refractivity contribution in [2.24, 2.45) is 0 Å². The first-order valence-electron chi connectivity index (χ1n) is 7.38. The Balaban J connectivity index is 1.98. The minimum atomic E-state index is 0.305. The SMILES string of the molecule is CCC(NCc1ccc(N(C)C)cc1)c1ccc(O)cc1. The molecule has 0 radical (unpaired) electrons. The van der Waals surface area contributed by atoms with Crippen LogP contribution in [0.25, 0.3) is 0 Å². The third-order valence-electron chi connectivity index (χ3n) is 3.71. The van der Waals surface area contributed by atoms with Gasteiger partial charge in [-0.3, -0.25) is 0 Å². The van der Waals surface area contributed by atoms with Crippen LogP contribution in [0.15, 0.2) is 48.5 Å². The van der Waals surface area contributed by atoms with Gasteiger partial charge in [0.2, 0.25) is 0 Å². The van der Waals surface area contributed by atoms with E-state index in [2.05, 4.69) is 41.4 Å². The maximum Gasteiger partial charge on any atom is 0.115 e. The fourth-order valence-electron chi connectivity index (χ4n) is 2.36. The summed E-state index contributed by atoms with van der Waals surface area (Å²) >= 11 is 0. The molecule has 112 valence electrons. The zero-order chi connectivity index (χ0) is 15.2. The van der Waals surface area contributed by atoms with Crippen LogP contribution in [0.5, 0.6) is 5.75 Å². The fourth-order valence-corrected chi connectivity index (χ4v) is 2.36. The van der Waals surface area contributed by atoms with E-state index >= 15 is 0 Å². The summed E-state index contributed by atoms with van der Waals surface area (Å²) in [6.07, 6.45) is 1.01. The molecule has 0 amide bonds. The van der Waals surface area contributed by atoms with E-state index in [-0.39, 0.29) is 0 Å². The molecule has 2 aromatic rings. The van der Waals surface area contributed by atoms with Crippen molar-refractivity contribution in [2.45, 2.75) is 25.9 Å². The summed E-state index contributed by atoms with van der Waals surface area (Å²) in [4.78, 5) is 2.10. The summed E-state index contributed by atoms with van der Waals surface area (Å²) in [7, 11) is 4.09. The molecule has 0 aliphatic rings. The minimum absolute atomic E-state index is 0.305. The Morgan fingerprint density at radius 3 is 2.14 bits per heavy atom. The van der Waals surface area contributed by atoms with Crippen LogP contribution in [0.4, 0.5) is 5.69 Å². The molecule has 0 aromatic heterocycles. The van der Waals surface area contributed by atoms with Crippen LogP contribution in [0.1, 0.15) is 30.5 Å². The van der Waals surface area contributed by atoms with E-state index in [4.69, 9.17) is 0 Å². The van der Waals surface area contributed by atoms with Crippen molar-refractivity contribution in [2.75, 3.05) is 19.0 Å². The lowest BCUT2D eigenvalue weighted by molar-refractivity contribution is 0.473. The van der Waals surface area contributed by atoms with E-state index in [9.17, 15) is 5.11 Å². The number of hydrogen-bond acceptors (Lipinski definition) is 3. The first-order valence-corrected chi connectivity index (χ1v) is 7.38. The summed E-state index contributed by atoms with van der Waals surface area (Å²) < 4.78 is 0. The summed E-state index contributed by atoms with van der Waals surface area (Å²) in [5.41, 5.74) is 3.70. The molecule has 0 spiro atoms. The standard InChI is InChI=1S/C18H24N2O/c1-4-18(15-7-11-17(21)12-8-15)19-13-14-5-9-16(10-6-14)20(2)3/h5-12,18-19,21H,4,13H2,1-3H3. The molecule has 2 rings (SSSR count). The Morgan fingerprint density at radius 1 is 1.00 bits per heavy atom. The second kappa shape index (κ2) is 7.14. The summed E-state index contributed by atoms with van der Waals surface area (Å²) in [6.45, 7) is 3.01. The van der Waals surface area contributed by atoms with Gasteiger partial charge in [0.1, 0.15) is 5.75 Å². The quantitative estimate of drug-likeness (QED) is 0.849. The lowest BCUT2D eigenvalue weighted by Gasteiger charge is -2.18. The molecular formula is C18H24N2O. The summed E-state index contributed by atoms with van der Waals surface area (Å²) in [6, 6.07) is 16.3. The maximum atomic E-state index is 9.37. The van der Waals surface area contributed by atoms with Crippen molar-refractivity contribution in [1.82, 2.24) is 5.32 Å². The molecule has 21 heavy (non-hydrogen) atoms. The molecule has 1 unspecified atom stereocenters. The third-order valence-corrected chi connectivity index (χ3v) is 3.71. The zero-order valence-corrected chi connectivity index (χ0v) is 13.0. The molecule has 3 nitrogen and oxygen atoms in total. The van der Waals surface area contributed by atoms with Crippen molar-refractivity contribution in [1.29, 1.82) is 0 Å². The van der Waals surface area contributed by atoms with Gasteiger partial charge in [-0.05, 0) is 41.8 Å². The van der Waals surface area contributed by atoms with Crippen molar-refractivity contribution in [3.8, 4) is 5.75 Å². The van der Waals surface area contributed by atoms with Gasteiger partial charge in [0, 0.05) is 32.4 Å². The van der Waals surface area contributed by atoms with Crippen LogP contribution in [0.3, 0.4) is 0 Å². The lowest BCUT2D eigenvalue weighted by atomic mass is 10.0. The van der Waals surface area contributed by atoms with Gasteiger partial charge < -0.3 is 15.3 Å². The van der Waals surface area contributed by atoms with Gasteiger partial charge in [0.05, 0.1) is 0 Å². The molecule has 0 saturated carbocycles. The number of phenols is 1. The molecule has 0 heterocycles. The molecule has 0 bridgehead atoms. The van der Waals surface area contributed by atoms with E-state index in [0.717, 1.165) is 13.0 Å². The van der Waals surface area contributed by atoms with E-state index in [1.54, 1.807) is 12.1 Å². The Kier molecular flexibility index (Phi) is 5.23. The van der Waals surface area contributed by atoms with Crippen molar-refractivity contribution < 1.29 is 5.11 Å². The minimum Gasteiger partial charge on any atom is -0.508 e. The zero-order valence-electron chi connectivity index (χ0n) is 13.0. The molecular weight excluding hydrogens is 260 g/mol. The summed E-state index contributed by atoms with van der Waals surface area (Å²) in [5.74, 6) is 0.313. The number of aromatic hydroxyl groups is 1. The van der Waals surface area contributed by atoms with E-state index in [1.807, 2.05) is 26.2 Å². The van der Waals surface area contributed by atoms with Crippen LogP contribution in [0, 0.1) is 0 Å². The molecule has 3 heteroatoms. The number of rotatable bonds is 6. The smallest absolute Gasteiger partial charge is 0.115 e. The molecule has 0 aliphatic heterocycles. The number of hydrogen-bond donors (Lipinski definition) is 2. The highest BCUT2D eigenvalue weighted by Gasteiger charge is 2.08. The van der Waals surface area contributed by atoms with E-state index in [0.29, 0.717) is 11.8 Å². The number of nitrogens with zero attached hydrogens (tertiary/aromatic N) is 1. The number of phenolic OH excluding ortho intramolecular Hbond substituents is 1. The molecule has 0 aliphatic carbocycles. The Bertz CT molecular complexity index is 546.